The summed E-state index contributed by atoms with van der Waals surface area (Å²) in [6, 6.07) is 1.45. The molecule has 2 N–H and O–H groups in total. The molecule has 3 aliphatic rings. The van der Waals surface area contributed by atoms with Gasteiger partial charge in [-0.15, -0.1) is 0 Å². The molecule has 2 aliphatic carbocycles. The van der Waals surface area contributed by atoms with Crippen molar-refractivity contribution in [2.45, 2.75) is 24.9 Å². The molecule has 3 fully saturated rings. The number of hydrogen-bond donors (Lipinski definition) is 1. The summed E-state index contributed by atoms with van der Waals surface area (Å²) in [4.78, 5) is 2.53. The SMILES string of the molecule is CN1C[C@@H]2[C@@H](N)[C@H]3C[C@H]2[C@H]1C3. The number of fused-ring (bicyclic) bond motifs is 1. The lowest BCUT2D eigenvalue weighted by molar-refractivity contribution is 0.276. The number of nitrogens with zero attached hydrogens (tertiary/aromatic N) is 1. The molecule has 2 heteroatoms. The summed E-state index contributed by atoms with van der Waals surface area (Å²) in [6.07, 6.45) is 2.82. The third-order valence-corrected chi connectivity index (χ3v) is 4.27. The molecular formula is C9H16N2. The Morgan fingerprint density at radius 3 is 2.73 bits per heavy atom. The molecule has 3 rings (SSSR count). The van der Waals surface area contributed by atoms with E-state index in [2.05, 4.69) is 11.9 Å². The molecule has 2 nitrogen and oxygen atoms in total. The molecule has 0 aromatic rings. The van der Waals surface area contributed by atoms with E-state index in [1.807, 2.05) is 0 Å². The van der Waals surface area contributed by atoms with Crippen LogP contribution in [0.25, 0.3) is 0 Å². The lowest BCUT2D eigenvalue weighted by atomic mass is 9.86. The van der Waals surface area contributed by atoms with Crippen LogP contribution in [0.3, 0.4) is 0 Å². The molecule has 1 aliphatic heterocycles. The summed E-state index contributed by atoms with van der Waals surface area (Å²) >= 11 is 0. The Labute approximate surface area is 67.7 Å². The van der Waals surface area contributed by atoms with Gasteiger partial charge < -0.3 is 10.6 Å². The maximum absolute atomic E-state index is 6.14. The molecule has 0 aromatic heterocycles. The molecular weight excluding hydrogens is 136 g/mol. The van der Waals surface area contributed by atoms with Crippen LogP contribution >= 0.6 is 0 Å². The first-order valence-corrected chi connectivity index (χ1v) is 4.73. The topological polar surface area (TPSA) is 29.3 Å². The van der Waals surface area contributed by atoms with Crippen molar-refractivity contribution in [1.82, 2.24) is 4.90 Å². The van der Waals surface area contributed by atoms with Gasteiger partial charge in [0.1, 0.15) is 0 Å². The first-order valence-electron chi connectivity index (χ1n) is 4.73. The first-order chi connectivity index (χ1) is 5.27. The molecule has 0 unspecified atom stereocenters. The van der Waals surface area contributed by atoms with Crippen LogP contribution in [0.2, 0.25) is 0 Å². The zero-order chi connectivity index (χ0) is 7.59. The molecule has 2 bridgehead atoms. The van der Waals surface area contributed by atoms with Gasteiger partial charge in [0.05, 0.1) is 0 Å². The van der Waals surface area contributed by atoms with Crippen molar-refractivity contribution in [2.24, 2.45) is 23.5 Å². The van der Waals surface area contributed by atoms with Gasteiger partial charge in [-0.05, 0) is 37.6 Å². The maximum Gasteiger partial charge on any atom is 0.0128 e. The smallest absolute Gasteiger partial charge is 0.0128 e. The van der Waals surface area contributed by atoms with E-state index in [1.54, 1.807) is 0 Å². The van der Waals surface area contributed by atoms with Crippen LogP contribution in [0, 0.1) is 17.8 Å². The number of hydrogen-bond acceptors (Lipinski definition) is 2. The largest absolute Gasteiger partial charge is 0.327 e. The number of rotatable bonds is 0. The Bertz CT molecular complexity index is 192. The van der Waals surface area contributed by atoms with Crippen LogP contribution in [0.1, 0.15) is 12.8 Å². The summed E-state index contributed by atoms with van der Waals surface area (Å²) in [5.74, 6) is 2.70. The van der Waals surface area contributed by atoms with Crippen molar-refractivity contribution >= 4 is 0 Å². The number of nitrogens with two attached hydrogens (primary N) is 1. The maximum atomic E-state index is 6.14. The standard InChI is InChI=1S/C9H16N2/c1-11-4-7-6-2-5(9(7)10)3-8(6)11/h5-9H,2-4,10H2,1H3/t5-,6+,7-,8+,9-/m0/s1. The second kappa shape index (κ2) is 1.80. The Morgan fingerprint density at radius 1 is 1.27 bits per heavy atom. The van der Waals surface area contributed by atoms with Gasteiger partial charge in [0.25, 0.3) is 0 Å². The molecule has 62 valence electrons. The highest BCUT2D eigenvalue weighted by molar-refractivity contribution is 5.10. The normalized spacial score (nSPS) is 61.1. The summed E-state index contributed by atoms with van der Waals surface area (Å²) < 4.78 is 0. The van der Waals surface area contributed by atoms with Crippen molar-refractivity contribution in [2.75, 3.05) is 13.6 Å². The molecule has 1 heterocycles. The summed E-state index contributed by atoms with van der Waals surface area (Å²) in [7, 11) is 2.26. The van der Waals surface area contributed by atoms with E-state index in [0.717, 1.165) is 23.8 Å². The molecule has 5 atom stereocenters. The highest BCUT2D eigenvalue weighted by Crippen LogP contribution is 2.53. The second-order valence-corrected chi connectivity index (χ2v) is 4.64. The molecule has 0 amide bonds. The lowest BCUT2D eigenvalue weighted by Crippen LogP contribution is -2.36. The molecule has 0 spiro atoms. The van der Waals surface area contributed by atoms with Crippen LogP contribution in [0.4, 0.5) is 0 Å². The van der Waals surface area contributed by atoms with Crippen LogP contribution in [0.15, 0.2) is 0 Å². The van der Waals surface area contributed by atoms with Crippen molar-refractivity contribution in [3.63, 3.8) is 0 Å². The van der Waals surface area contributed by atoms with Crippen LogP contribution < -0.4 is 5.73 Å². The predicted octanol–water partition coefficient (Wildman–Crippen LogP) is 0.284. The lowest BCUT2D eigenvalue weighted by Gasteiger charge is -2.24. The fourth-order valence-corrected chi connectivity index (χ4v) is 3.73. The van der Waals surface area contributed by atoms with Gasteiger partial charge >= 0.3 is 0 Å². The second-order valence-electron chi connectivity index (χ2n) is 4.64. The molecule has 0 aromatic carbocycles. The molecule has 11 heavy (non-hydrogen) atoms. The monoisotopic (exact) mass is 152 g/mol. The summed E-state index contributed by atoms with van der Waals surface area (Å²) in [5.41, 5.74) is 6.14. The quantitative estimate of drug-likeness (QED) is 0.540. The average Bonchev–Trinajstić information content (AvgIpc) is 2.53. The minimum atomic E-state index is 0.543. The summed E-state index contributed by atoms with van der Waals surface area (Å²) in [5, 5.41) is 0. The minimum Gasteiger partial charge on any atom is -0.327 e. The van der Waals surface area contributed by atoms with E-state index in [0.29, 0.717) is 6.04 Å². The van der Waals surface area contributed by atoms with Gasteiger partial charge in [0, 0.05) is 18.6 Å². The van der Waals surface area contributed by atoms with Crippen molar-refractivity contribution < 1.29 is 0 Å². The Kier molecular flexibility index (Phi) is 1.06. The fourth-order valence-electron chi connectivity index (χ4n) is 3.73. The first kappa shape index (κ1) is 6.44. The van der Waals surface area contributed by atoms with Crippen molar-refractivity contribution in [3.8, 4) is 0 Å². The highest BCUT2D eigenvalue weighted by Gasteiger charge is 2.56. The fraction of sp³-hybridized carbons (Fsp3) is 1.00. The van der Waals surface area contributed by atoms with Crippen LogP contribution in [0.5, 0.6) is 0 Å². The van der Waals surface area contributed by atoms with Crippen molar-refractivity contribution in [3.05, 3.63) is 0 Å². The Morgan fingerprint density at radius 2 is 2.09 bits per heavy atom. The molecule has 2 saturated carbocycles. The summed E-state index contributed by atoms with van der Waals surface area (Å²) in [6.45, 7) is 1.27. The number of likely N-dealkylation sites (tertiary alicyclic amines) is 1. The minimum absolute atomic E-state index is 0.543. The van der Waals surface area contributed by atoms with E-state index >= 15 is 0 Å². The Hall–Kier alpha value is -0.0800. The van der Waals surface area contributed by atoms with Gasteiger partial charge in [-0.25, -0.2) is 0 Å². The van der Waals surface area contributed by atoms with Gasteiger partial charge in [-0.3, -0.25) is 0 Å². The highest BCUT2D eigenvalue weighted by atomic mass is 15.2. The predicted molar refractivity (Wildman–Crippen MR) is 44.1 cm³/mol. The average molecular weight is 152 g/mol. The third kappa shape index (κ3) is 0.611. The van der Waals surface area contributed by atoms with Crippen LogP contribution in [-0.4, -0.2) is 30.6 Å². The molecule has 1 saturated heterocycles. The third-order valence-electron chi connectivity index (χ3n) is 4.27. The van der Waals surface area contributed by atoms with Gasteiger partial charge in [-0.1, -0.05) is 0 Å². The van der Waals surface area contributed by atoms with E-state index in [9.17, 15) is 0 Å². The zero-order valence-electron chi connectivity index (χ0n) is 7.03. The van der Waals surface area contributed by atoms with Crippen LogP contribution in [-0.2, 0) is 0 Å². The molecule has 0 radical (unpaired) electrons. The van der Waals surface area contributed by atoms with Gasteiger partial charge in [0.15, 0.2) is 0 Å². The van der Waals surface area contributed by atoms with E-state index in [1.165, 1.54) is 19.4 Å². The van der Waals surface area contributed by atoms with Gasteiger partial charge in [-0.2, -0.15) is 0 Å². The van der Waals surface area contributed by atoms with Crippen molar-refractivity contribution in [1.29, 1.82) is 0 Å². The van der Waals surface area contributed by atoms with E-state index < -0.39 is 0 Å². The van der Waals surface area contributed by atoms with Gasteiger partial charge in [0.2, 0.25) is 0 Å². The Balaban J connectivity index is 1.98. The zero-order valence-corrected chi connectivity index (χ0v) is 7.03. The van der Waals surface area contributed by atoms with E-state index in [4.69, 9.17) is 5.73 Å². The van der Waals surface area contributed by atoms with E-state index in [-0.39, 0.29) is 0 Å².